The number of nitrogens with two attached hydrogens (primary N) is 1. The molecule has 1 aromatic rings. The van der Waals surface area contributed by atoms with Crippen molar-refractivity contribution in [3.05, 3.63) is 23.3 Å². The van der Waals surface area contributed by atoms with E-state index in [1.807, 2.05) is 4.90 Å². The van der Waals surface area contributed by atoms with Gasteiger partial charge < -0.3 is 40.9 Å². The monoisotopic (exact) mass is 492 g/mol. The predicted molar refractivity (Wildman–Crippen MR) is 126 cm³/mol. The number of carbonyl (C=O) groups excluding carboxylic acids is 2. The second-order valence-corrected chi connectivity index (χ2v) is 9.77. The number of likely N-dealkylation sites (tertiary alicyclic amines) is 1. The zero-order valence-corrected chi connectivity index (χ0v) is 20.1. The third-order valence-corrected chi connectivity index (χ3v) is 6.68. The number of hydrogen-bond acceptors (Lipinski definition) is 9. The highest BCUT2D eigenvalue weighted by Crippen LogP contribution is 2.51. The molecule has 0 aromatic heterocycles. The molecule has 7 N–H and O–H groups in total. The van der Waals surface area contributed by atoms with Crippen LogP contribution in [0, 0.1) is 0 Å². The lowest BCUT2D eigenvalue weighted by molar-refractivity contribution is -0.133. The van der Waals surface area contributed by atoms with E-state index in [0.717, 1.165) is 0 Å². The van der Waals surface area contributed by atoms with Gasteiger partial charge in [0, 0.05) is 39.5 Å². The summed E-state index contributed by atoms with van der Waals surface area (Å²) < 4.78 is 5.82. The molecule has 0 spiro atoms. The summed E-state index contributed by atoms with van der Waals surface area (Å²) in [6, 6.07) is 3.03. The van der Waals surface area contributed by atoms with Crippen LogP contribution in [0.15, 0.2) is 12.1 Å². The number of phenols is 1. The molecule has 1 heterocycles. The number of benzene rings is 1. The van der Waals surface area contributed by atoms with Crippen LogP contribution in [0.1, 0.15) is 41.6 Å². The molecule has 35 heavy (non-hydrogen) atoms. The summed E-state index contributed by atoms with van der Waals surface area (Å²) in [5, 5.41) is 41.8. The molecular weight excluding hydrogens is 459 g/mol. The van der Waals surface area contributed by atoms with Crippen molar-refractivity contribution >= 4 is 24.9 Å². The van der Waals surface area contributed by atoms with Gasteiger partial charge in [-0.25, -0.2) is 4.79 Å². The van der Waals surface area contributed by atoms with E-state index in [1.165, 1.54) is 11.0 Å². The molecule has 3 rings (SSSR count). The van der Waals surface area contributed by atoms with Gasteiger partial charge in [0.1, 0.15) is 28.7 Å². The van der Waals surface area contributed by atoms with Crippen LogP contribution in [0.5, 0.6) is 11.5 Å². The molecule has 3 atom stereocenters. The first-order valence-corrected chi connectivity index (χ1v) is 11.4. The lowest BCUT2D eigenvalue weighted by atomic mass is 9.53. The van der Waals surface area contributed by atoms with Crippen LogP contribution in [0.25, 0.3) is 0 Å². The van der Waals surface area contributed by atoms with Gasteiger partial charge in [-0.15, -0.1) is 0 Å². The molecular formula is C22H33BN4O8. The molecule has 1 aliphatic heterocycles. The predicted octanol–water partition coefficient (Wildman–Crippen LogP) is -1.20. The fourth-order valence-corrected chi connectivity index (χ4v) is 4.42. The van der Waals surface area contributed by atoms with Gasteiger partial charge in [-0.2, -0.15) is 0 Å². The van der Waals surface area contributed by atoms with Gasteiger partial charge in [0.15, 0.2) is 0 Å². The standard InChI is InChI=1S/C22H33BN4O8/c1-22(24,21(32)25-8-17(28)26(2)3)11-27-9-12(10-27)35-16-7-5-14(19(29)18(16)20(30)31)13-4-6-15(13)23(33)34/h5,7,12-13,15,29,33-34H,4,6,8-11,24H2,1-3H3,(H,25,32)(H,30,31)/t13-,15-,22?/m1/s1. The van der Waals surface area contributed by atoms with Gasteiger partial charge in [0.05, 0.1) is 6.54 Å². The Labute approximate surface area is 203 Å². The molecule has 2 aliphatic rings. The van der Waals surface area contributed by atoms with Crippen molar-refractivity contribution in [3.8, 4) is 11.5 Å². The summed E-state index contributed by atoms with van der Waals surface area (Å²) in [5.41, 5.74) is 4.88. The second kappa shape index (κ2) is 10.4. The number of carboxylic acids is 1. The topological polar surface area (TPSA) is 186 Å². The van der Waals surface area contributed by atoms with E-state index in [0.29, 0.717) is 31.5 Å². The molecule has 0 bridgehead atoms. The van der Waals surface area contributed by atoms with Gasteiger partial charge in [-0.05, 0) is 30.9 Å². The average molecular weight is 492 g/mol. The van der Waals surface area contributed by atoms with Crippen molar-refractivity contribution in [3.63, 3.8) is 0 Å². The Morgan fingerprint density at radius 1 is 1.26 bits per heavy atom. The molecule has 1 unspecified atom stereocenters. The van der Waals surface area contributed by atoms with E-state index in [9.17, 15) is 34.6 Å². The molecule has 1 saturated heterocycles. The van der Waals surface area contributed by atoms with Crippen molar-refractivity contribution in [2.24, 2.45) is 5.73 Å². The Kier molecular flexibility index (Phi) is 7.95. The number of hydrogen-bond donors (Lipinski definition) is 6. The van der Waals surface area contributed by atoms with Crippen LogP contribution in [0.3, 0.4) is 0 Å². The Bertz CT molecular complexity index is 980. The first-order valence-electron chi connectivity index (χ1n) is 11.4. The largest absolute Gasteiger partial charge is 0.507 e. The maximum Gasteiger partial charge on any atom is 0.455 e. The summed E-state index contributed by atoms with van der Waals surface area (Å²) >= 11 is 0. The van der Waals surface area contributed by atoms with Crippen LogP contribution in [0.2, 0.25) is 5.82 Å². The van der Waals surface area contributed by atoms with Crippen molar-refractivity contribution < 1.29 is 39.4 Å². The van der Waals surface area contributed by atoms with Crippen molar-refractivity contribution in [1.82, 2.24) is 15.1 Å². The highest BCUT2D eigenvalue weighted by atomic mass is 16.5. The summed E-state index contributed by atoms with van der Waals surface area (Å²) in [7, 11) is 1.63. The molecule has 1 aliphatic carbocycles. The first-order chi connectivity index (χ1) is 16.3. The minimum atomic E-state index is -1.54. The summed E-state index contributed by atoms with van der Waals surface area (Å²) in [5.74, 6) is -3.29. The summed E-state index contributed by atoms with van der Waals surface area (Å²) in [4.78, 5) is 39.2. The minimum absolute atomic E-state index is 0.0132. The lowest BCUT2D eigenvalue weighted by Gasteiger charge is -2.42. The number of nitrogens with one attached hydrogen (secondary N) is 1. The number of carboxylic acid groups (broad SMARTS) is 1. The Morgan fingerprint density at radius 2 is 1.91 bits per heavy atom. The van der Waals surface area contributed by atoms with Gasteiger partial charge in [0.2, 0.25) is 11.8 Å². The maximum absolute atomic E-state index is 12.4. The molecule has 0 radical (unpaired) electrons. The van der Waals surface area contributed by atoms with Gasteiger partial charge in [0.25, 0.3) is 0 Å². The van der Waals surface area contributed by atoms with Crippen LogP contribution in [-0.2, 0) is 9.59 Å². The fraction of sp³-hybridized carbons (Fsp3) is 0.591. The van der Waals surface area contributed by atoms with Crippen LogP contribution >= 0.6 is 0 Å². The SMILES string of the molecule is CN(C)C(=O)CNC(=O)C(C)(N)CN1CC(Oc2ccc([C@H]3CC[C@H]3B(O)O)c(O)c2C(=O)O)C1. The quantitative estimate of drug-likeness (QED) is 0.217. The lowest BCUT2D eigenvalue weighted by Crippen LogP contribution is -2.64. The molecule has 2 amide bonds. The zero-order valence-electron chi connectivity index (χ0n) is 20.1. The molecule has 13 heteroatoms. The minimum Gasteiger partial charge on any atom is -0.507 e. The van der Waals surface area contributed by atoms with Gasteiger partial charge in [-0.1, -0.05) is 12.5 Å². The number of rotatable bonds is 10. The Morgan fingerprint density at radius 3 is 2.43 bits per heavy atom. The molecule has 192 valence electrons. The number of nitrogens with zero attached hydrogens (tertiary/aromatic N) is 2. The van der Waals surface area contributed by atoms with E-state index in [-0.39, 0.29) is 42.3 Å². The number of carbonyl (C=O) groups is 3. The van der Waals surface area contributed by atoms with Gasteiger partial charge >= 0.3 is 13.1 Å². The van der Waals surface area contributed by atoms with E-state index >= 15 is 0 Å². The number of ether oxygens (including phenoxy) is 1. The fourth-order valence-electron chi connectivity index (χ4n) is 4.42. The van der Waals surface area contributed by atoms with Crippen molar-refractivity contribution in [2.45, 2.75) is 43.1 Å². The number of likely N-dealkylation sites (N-methyl/N-ethyl adjacent to an activating group) is 1. The third kappa shape index (κ3) is 5.86. The van der Waals surface area contributed by atoms with E-state index in [4.69, 9.17) is 10.5 Å². The third-order valence-electron chi connectivity index (χ3n) is 6.68. The Hall–Kier alpha value is -2.87. The molecule has 2 fully saturated rings. The van der Waals surface area contributed by atoms with Gasteiger partial charge in [-0.3, -0.25) is 14.5 Å². The summed E-state index contributed by atoms with van der Waals surface area (Å²) in [6.07, 6.45) is 0.814. The van der Waals surface area contributed by atoms with Crippen molar-refractivity contribution in [1.29, 1.82) is 0 Å². The van der Waals surface area contributed by atoms with Crippen LogP contribution in [-0.4, -0.2) is 107 Å². The number of aromatic carboxylic acids is 1. The number of aromatic hydroxyl groups is 1. The Balaban J connectivity index is 1.59. The maximum atomic E-state index is 12.4. The zero-order chi connectivity index (χ0) is 26.1. The second-order valence-electron chi connectivity index (χ2n) is 9.77. The molecule has 1 saturated carbocycles. The smallest absolute Gasteiger partial charge is 0.455 e. The van der Waals surface area contributed by atoms with E-state index in [1.54, 1.807) is 27.1 Å². The van der Waals surface area contributed by atoms with Crippen molar-refractivity contribution in [2.75, 3.05) is 40.3 Å². The highest BCUT2D eigenvalue weighted by Gasteiger charge is 2.42. The molecule has 1 aromatic carbocycles. The molecule has 12 nitrogen and oxygen atoms in total. The highest BCUT2D eigenvalue weighted by molar-refractivity contribution is 6.43. The summed E-state index contributed by atoms with van der Waals surface area (Å²) in [6.45, 7) is 2.39. The van der Waals surface area contributed by atoms with E-state index in [2.05, 4.69) is 5.32 Å². The first kappa shape index (κ1) is 26.7. The normalized spacial score (nSPS) is 21.8. The van der Waals surface area contributed by atoms with E-state index < -0.39 is 36.1 Å². The average Bonchev–Trinajstić information content (AvgIpc) is 2.70. The van der Waals surface area contributed by atoms with Crippen LogP contribution in [0.4, 0.5) is 0 Å². The van der Waals surface area contributed by atoms with Crippen LogP contribution < -0.4 is 15.8 Å². The number of amides is 2.